The topological polar surface area (TPSA) is 81.8 Å². The molecule has 0 aliphatic heterocycles. The highest BCUT2D eigenvalue weighted by Gasteiger charge is 2.59. The number of hydrogen-bond donors (Lipinski definition) is 2. The van der Waals surface area contributed by atoms with Crippen LogP contribution < -0.4 is 15.2 Å². The Morgan fingerprint density at radius 3 is 2.65 bits per heavy atom. The van der Waals surface area contributed by atoms with Gasteiger partial charge in [-0.15, -0.1) is 0 Å². The molecule has 1 aliphatic carbocycles. The van der Waals surface area contributed by atoms with Crippen LogP contribution in [-0.2, 0) is 4.79 Å². The summed E-state index contributed by atoms with van der Waals surface area (Å²) in [6, 6.07) is 5.31. The summed E-state index contributed by atoms with van der Waals surface area (Å²) in [7, 11) is 3.11. The summed E-state index contributed by atoms with van der Waals surface area (Å²) in [6.07, 6.45) is 0.436. The lowest BCUT2D eigenvalue weighted by Crippen LogP contribution is -2.34. The Hall–Kier alpha value is -1.75. The molecule has 1 aliphatic rings. The Bertz CT molecular complexity index is 460. The first-order valence-corrected chi connectivity index (χ1v) is 5.27. The van der Waals surface area contributed by atoms with Gasteiger partial charge in [-0.05, 0) is 18.1 Å². The largest absolute Gasteiger partial charge is 0.497 e. The van der Waals surface area contributed by atoms with Gasteiger partial charge in [-0.2, -0.15) is 0 Å². The highest BCUT2D eigenvalue weighted by atomic mass is 16.5. The first-order valence-electron chi connectivity index (χ1n) is 5.27. The number of carboxylic acid groups (broad SMARTS) is 1. The molecular weight excluding hydrogens is 222 g/mol. The fourth-order valence-electron chi connectivity index (χ4n) is 2.01. The molecule has 17 heavy (non-hydrogen) atoms. The Morgan fingerprint density at radius 2 is 2.18 bits per heavy atom. The highest BCUT2D eigenvalue weighted by molar-refractivity contribution is 5.85. The second-order valence-electron chi connectivity index (χ2n) is 4.21. The van der Waals surface area contributed by atoms with E-state index < -0.39 is 11.5 Å². The lowest BCUT2D eigenvalue weighted by molar-refractivity contribution is -0.139. The molecule has 3 N–H and O–H groups in total. The highest BCUT2D eigenvalue weighted by Crippen LogP contribution is 2.52. The van der Waals surface area contributed by atoms with Gasteiger partial charge in [0, 0.05) is 12.0 Å². The predicted molar refractivity (Wildman–Crippen MR) is 61.5 cm³/mol. The minimum absolute atomic E-state index is 0.194. The fraction of sp³-hybridized carbons (Fsp3) is 0.417. The molecule has 5 heteroatoms. The molecule has 2 atom stereocenters. The van der Waals surface area contributed by atoms with Crippen LogP contribution in [0.1, 0.15) is 17.9 Å². The van der Waals surface area contributed by atoms with Crippen molar-refractivity contribution in [2.24, 2.45) is 5.73 Å². The van der Waals surface area contributed by atoms with Gasteiger partial charge in [-0.1, -0.05) is 6.07 Å². The molecule has 0 unspecified atom stereocenters. The molecule has 92 valence electrons. The standard InChI is InChI=1S/C12H15NO4/c1-16-7-3-4-8(10(5-7)17-2)9-6-12(9,13)11(14)15/h3-5,9H,6,13H2,1-2H3,(H,14,15)/t9-,12+/m0/s1. The van der Waals surface area contributed by atoms with Crippen LogP contribution in [0.3, 0.4) is 0 Å². The Labute approximate surface area is 99.1 Å². The molecule has 0 amide bonds. The third-order valence-corrected chi connectivity index (χ3v) is 3.22. The summed E-state index contributed by atoms with van der Waals surface area (Å²) in [5.41, 5.74) is 5.44. The van der Waals surface area contributed by atoms with Gasteiger partial charge in [0.2, 0.25) is 0 Å². The Kier molecular flexibility index (Phi) is 2.71. The minimum atomic E-state index is -1.15. The maximum atomic E-state index is 11.0. The summed E-state index contributed by atoms with van der Waals surface area (Å²) in [5, 5.41) is 9.02. The van der Waals surface area contributed by atoms with E-state index >= 15 is 0 Å². The molecule has 0 radical (unpaired) electrons. The maximum absolute atomic E-state index is 11.0. The van der Waals surface area contributed by atoms with E-state index in [0.717, 1.165) is 5.56 Å². The average molecular weight is 237 g/mol. The number of carboxylic acids is 1. The lowest BCUT2D eigenvalue weighted by atomic mass is 10.1. The van der Waals surface area contributed by atoms with E-state index in [9.17, 15) is 4.79 Å². The summed E-state index contributed by atoms with van der Waals surface area (Å²) in [6.45, 7) is 0. The van der Waals surface area contributed by atoms with Crippen LogP contribution in [0, 0.1) is 0 Å². The number of benzene rings is 1. The van der Waals surface area contributed by atoms with Crippen molar-refractivity contribution in [3.63, 3.8) is 0 Å². The first kappa shape index (κ1) is 11.7. The third-order valence-electron chi connectivity index (χ3n) is 3.22. The summed E-state index contributed by atoms with van der Waals surface area (Å²) in [5.74, 6) is 0.119. The van der Waals surface area contributed by atoms with Gasteiger partial charge in [-0.25, -0.2) is 0 Å². The second-order valence-corrected chi connectivity index (χ2v) is 4.21. The smallest absolute Gasteiger partial charge is 0.324 e. The number of nitrogens with two attached hydrogens (primary N) is 1. The normalized spacial score (nSPS) is 26.4. The van der Waals surface area contributed by atoms with Crippen LogP contribution in [-0.4, -0.2) is 30.8 Å². The number of aliphatic carboxylic acids is 1. The number of ether oxygens (including phenoxy) is 2. The molecule has 0 spiro atoms. The molecule has 0 heterocycles. The SMILES string of the molecule is COc1ccc([C@@H]2C[C@]2(N)C(=O)O)c(OC)c1. The molecule has 0 aromatic heterocycles. The molecular formula is C12H15NO4. The Morgan fingerprint density at radius 1 is 1.47 bits per heavy atom. The predicted octanol–water partition coefficient (Wildman–Crippen LogP) is 0.973. The van der Waals surface area contributed by atoms with Crippen LogP contribution in [0.15, 0.2) is 18.2 Å². The van der Waals surface area contributed by atoms with Crippen molar-refractivity contribution in [2.75, 3.05) is 14.2 Å². The van der Waals surface area contributed by atoms with Gasteiger partial charge in [-0.3, -0.25) is 4.79 Å². The molecule has 1 aromatic rings. The van der Waals surface area contributed by atoms with Crippen molar-refractivity contribution in [3.05, 3.63) is 23.8 Å². The summed E-state index contributed by atoms with van der Waals surface area (Å²) < 4.78 is 10.3. The lowest BCUT2D eigenvalue weighted by Gasteiger charge is -2.11. The van der Waals surface area contributed by atoms with Crippen molar-refractivity contribution >= 4 is 5.97 Å². The van der Waals surface area contributed by atoms with Gasteiger partial charge < -0.3 is 20.3 Å². The van der Waals surface area contributed by atoms with Crippen LogP contribution >= 0.6 is 0 Å². The number of hydrogen-bond acceptors (Lipinski definition) is 4. The molecule has 1 aromatic carbocycles. The monoisotopic (exact) mass is 237 g/mol. The zero-order valence-corrected chi connectivity index (χ0v) is 9.77. The van der Waals surface area contributed by atoms with Crippen molar-refractivity contribution < 1.29 is 19.4 Å². The van der Waals surface area contributed by atoms with E-state index in [4.69, 9.17) is 20.3 Å². The Balaban J connectivity index is 2.32. The van der Waals surface area contributed by atoms with E-state index in [1.807, 2.05) is 0 Å². The van der Waals surface area contributed by atoms with E-state index in [1.165, 1.54) is 0 Å². The van der Waals surface area contributed by atoms with Gasteiger partial charge >= 0.3 is 5.97 Å². The molecule has 5 nitrogen and oxygen atoms in total. The molecule has 1 saturated carbocycles. The summed E-state index contributed by atoms with van der Waals surface area (Å²) >= 11 is 0. The third kappa shape index (κ3) is 1.82. The van der Waals surface area contributed by atoms with E-state index in [0.29, 0.717) is 17.9 Å². The fourth-order valence-corrected chi connectivity index (χ4v) is 2.01. The van der Waals surface area contributed by atoms with E-state index in [-0.39, 0.29) is 5.92 Å². The van der Waals surface area contributed by atoms with Crippen molar-refractivity contribution in [1.29, 1.82) is 0 Å². The van der Waals surface area contributed by atoms with Crippen LogP contribution in [0.5, 0.6) is 11.5 Å². The van der Waals surface area contributed by atoms with E-state index in [1.54, 1.807) is 32.4 Å². The van der Waals surface area contributed by atoms with Crippen LogP contribution in [0.25, 0.3) is 0 Å². The minimum Gasteiger partial charge on any atom is -0.497 e. The van der Waals surface area contributed by atoms with Crippen molar-refractivity contribution in [2.45, 2.75) is 17.9 Å². The number of carbonyl (C=O) groups is 1. The first-order chi connectivity index (χ1) is 8.02. The second kappa shape index (κ2) is 3.92. The number of rotatable bonds is 4. The van der Waals surface area contributed by atoms with Crippen molar-refractivity contribution in [3.8, 4) is 11.5 Å². The zero-order chi connectivity index (χ0) is 12.6. The maximum Gasteiger partial charge on any atom is 0.324 e. The number of methoxy groups -OCH3 is 2. The molecule has 0 saturated heterocycles. The van der Waals surface area contributed by atoms with Crippen LogP contribution in [0.4, 0.5) is 0 Å². The quantitative estimate of drug-likeness (QED) is 0.815. The average Bonchev–Trinajstić information content (AvgIpc) is 3.02. The molecule has 0 bridgehead atoms. The molecule has 2 rings (SSSR count). The van der Waals surface area contributed by atoms with E-state index in [2.05, 4.69) is 0 Å². The van der Waals surface area contributed by atoms with Crippen LogP contribution in [0.2, 0.25) is 0 Å². The van der Waals surface area contributed by atoms with Gasteiger partial charge in [0.1, 0.15) is 17.0 Å². The summed E-state index contributed by atoms with van der Waals surface area (Å²) in [4.78, 5) is 11.0. The van der Waals surface area contributed by atoms with Gasteiger partial charge in [0.25, 0.3) is 0 Å². The van der Waals surface area contributed by atoms with Gasteiger partial charge in [0.05, 0.1) is 14.2 Å². The van der Waals surface area contributed by atoms with Crippen molar-refractivity contribution in [1.82, 2.24) is 0 Å². The molecule has 1 fully saturated rings. The zero-order valence-electron chi connectivity index (χ0n) is 9.77. The van der Waals surface area contributed by atoms with Gasteiger partial charge in [0.15, 0.2) is 0 Å².